The van der Waals surface area contributed by atoms with Crippen molar-refractivity contribution in [2.45, 2.75) is 19.4 Å². The molecule has 116 valence electrons. The lowest BCUT2D eigenvalue weighted by Gasteiger charge is -2.18. The topological polar surface area (TPSA) is 42.0 Å². The van der Waals surface area contributed by atoms with Crippen molar-refractivity contribution in [1.29, 1.82) is 0 Å². The zero-order chi connectivity index (χ0) is 16.2. The number of rotatable bonds is 4. The molecule has 4 heteroatoms. The monoisotopic (exact) mass is 308 g/mol. The van der Waals surface area contributed by atoms with E-state index in [9.17, 15) is 9.18 Å². The van der Waals surface area contributed by atoms with Gasteiger partial charge in [-0.25, -0.2) is 4.39 Å². The Balaban J connectivity index is 1.95. The highest BCUT2D eigenvalue weighted by Crippen LogP contribution is 2.21. The van der Waals surface area contributed by atoms with Crippen LogP contribution in [0.5, 0.6) is 0 Å². The number of carbonyl (C=O) groups excluding carboxylic acids is 1. The number of carbonyl (C=O) groups is 1. The lowest BCUT2D eigenvalue weighted by Crippen LogP contribution is -2.28. The lowest BCUT2D eigenvalue weighted by molar-refractivity contribution is -0.119. The van der Waals surface area contributed by atoms with Crippen LogP contribution in [0.1, 0.15) is 24.2 Å². The molecule has 1 heterocycles. The fourth-order valence-electron chi connectivity index (χ4n) is 2.63. The third-order valence-electron chi connectivity index (χ3n) is 3.69. The number of nitrogens with one attached hydrogen (secondary N) is 1. The molecule has 0 aliphatic rings. The van der Waals surface area contributed by atoms with E-state index >= 15 is 0 Å². The largest absolute Gasteiger partial charge is 0.348 e. The quantitative estimate of drug-likeness (QED) is 0.796. The molecule has 1 atom stereocenters. The summed E-state index contributed by atoms with van der Waals surface area (Å²) in [6.07, 6.45) is 0.653. The van der Waals surface area contributed by atoms with Crippen LogP contribution in [0.15, 0.2) is 60.7 Å². The summed E-state index contributed by atoms with van der Waals surface area (Å²) in [6, 6.07) is 17.9. The van der Waals surface area contributed by atoms with Gasteiger partial charge in [0.15, 0.2) is 0 Å². The lowest BCUT2D eigenvalue weighted by atomic mass is 10.0. The Kier molecular flexibility index (Phi) is 4.33. The summed E-state index contributed by atoms with van der Waals surface area (Å²) in [4.78, 5) is 16.1. The van der Waals surface area contributed by atoms with Crippen LogP contribution in [0.2, 0.25) is 0 Å². The summed E-state index contributed by atoms with van der Waals surface area (Å²) >= 11 is 0. The van der Waals surface area contributed by atoms with E-state index in [1.807, 2.05) is 42.5 Å². The van der Waals surface area contributed by atoms with Crippen molar-refractivity contribution in [2.75, 3.05) is 0 Å². The first-order chi connectivity index (χ1) is 11.1. The smallest absolute Gasteiger partial charge is 0.217 e. The van der Waals surface area contributed by atoms with Crippen molar-refractivity contribution >= 4 is 16.8 Å². The average molecular weight is 308 g/mol. The molecular formula is C19H17FN2O. The van der Waals surface area contributed by atoms with Gasteiger partial charge >= 0.3 is 0 Å². The van der Waals surface area contributed by atoms with E-state index in [-0.39, 0.29) is 17.8 Å². The van der Waals surface area contributed by atoms with Gasteiger partial charge in [0.1, 0.15) is 5.82 Å². The van der Waals surface area contributed by atoms with E-state index < -0.39 is 0 Å². The van der Waals surface area contributed by atoms with Crippen LogP contribution in [0.4, 0.5) is 4.39 Å². The molecule has 1 N–H and O–H groups in total. The number of pyridine rings is 1. The molecule has 0 unspecified atom stereocenters. The Bertz CT molecular complexity index is 833. The van der Waals surface area contributed by atoms with E-state index in [0.717, 1.165) is 16.6 Å². The number of amides is 1. The zero-order valence-corrected chi connectivity index (χ0v) is 12.8. The number of aromatic nitrogens is 1. The molecule has 0 bridgehead atoms. The number of halogens is 1. The molecule has 0 spiro atoms. The molecule has 23 heavy (non-hydrogen) atoms. The minimum atomic E-state index is -0.283. The molecule has 0 aliphatic heterocycles. The summed E-state index contributed by atoms with van der Waals surface area (Å²) in [5, 5.41) is 3.69. The third kappa shape index (κ3) is 3.72. The van der Waals surface area contributed by atoms with Gasteiger partial charge in [0.05, 0.1) is 17.3 Å². The van der Waals surface area contributed by atoms with Gasteiger partial charge in [-0.1, -0.05) is 36.4 Å². The maximum absolute atomic E-state index is 13.3. The molecule has 0 saturated carbocycles. The SMILES string of the molecule is CC(=O)N[C@@H](Cc1ccccc1)c1ccc2cc(F)ccc2n1. The molecule has 0 radical (unpaired) electrons. The molecule has 1 aromatic heterocycles. The Hall–Kier alpha value is -2.75. The molecule has 0 fully saturated rings. The second-order valence-electron chi connectivity index (χ2n) is 5.52. The van der Waals surface area contributed by atoms with Gasteiger partial charge in [0, 0.05) is 12.3 Å². The third-order valence-corrected chi connectivity index (χ3v) is 3.69. The minimum Gasteiger partial charge on any atom is -0.348 e. The fourth-order valence-corrected chi connectivity index (χ4v) is 2.63. The predicted molar refractivity (Wildman–Crippen MR) is 88.4 cm³/mol. The Morgan fingerprint density at radius 1 is 1.13 bits per heavy atom. The van der Waals surface area contributed by atoms with E-state index in [1.54, 1.807) is 6.07 Å². The number of nitrogens with zero attached hydrogens (tertiary/aromatic N) is 1. The molecule has 2 aromatic carbocycles. The number of fused-ring (bicyclic) bond motifs is 1. The van der Waals surface area contributed by atoms with E-state index in [4.69, 9.17) is 0 Å². The summed E-state index contributed by atoms with van der Waals surface area (Å²) in [7, 11) is 0. The van der Waals surface area contributed by atoms with Crippen molar-refractivity contribution in [3.8, 4) is 0 Å². The molecule has 3 nitrogen and oxygen atoms in total. The van der Waals surface area contributed by atoms with Gasteiger partial charge < -0.3 is 5.32 Å². The van der Waals surface area contributed by atoms with Gasteiger partial charge in [0.2, 0.25) is 5.91 Å². The highest BCUT2D eigenvalue weighted by Gasteiger charge is 2.15. The van der Waals surface area contributed by atoms with Gasteiger partial charge in [-0.2, -0.15) is 0 Å². The van der Waals surface area contributed by atoms with Crippen LogP contribution in [-0.2, 0) is 11.2 Å². The van der Waals surface area contributed by atoms with Gasteiger partial charge in [0.25, 0.3) is 0 Å². The second-order valence-corrected chi connectivity index (χ2v) is 5.52. The van der Waals surface area contributed by atoms with Crippen molar-refractivity contribution in [2.24, 2.45) is 0 Å². The Morgan fingerprint density at radius 3 is 2.65 bits per heavy atom. The Labute approximate surface area is 134 Å². The van der Waals surface area contributed by atoms with Crippen molar-refractivity contribution < 1.29 is 9.18 Å². The van der Waals surface area contributed by atoms with Crippen LogP contribution in [-0.4, -0.2) is 10.9 Å². The summed E-state index contributed by atoms with van der Waals surface area (Å²) in [5.41, 5.74) is 2.60. The normalized spacial score (nSPS) is 12.1. The van der Waals surface area contributed by atoms with Gasteiger partial charge in [-0.15, -0.1) is 0 Å². The second kappa shape index (κ2) is 6.57. The summed E-state index contributed by atoms with van der Waals surface area (Å²) in [6.45, 7) is 1.49. The highest BCUT2D eigenvalue weighted by molar-refractivity contribution is 5.79. The Morgan fingerprint density at radius 2 is 1.91 bits per heavy atom. The van der Waals surface area contributed by atoms with Gasteiger partial charge in [-0.05, 0) is 36.2 Å². The first kappa shape index (κ1) is 15.2. The molecule has 1 amide bonds. The van der Waals surface area contributed by atoms with E-state index in [1.165, 1.54) is 19.1 Å². The van der Waals surface area contributed by atoms with Gasteiger partial charge in [-0.3, -0.25) is 9.78 Å². The zero-order valence-electron chi connectivity index (χ0n) is 12.8. The van der Waals surface area contributed by atoms with Crippen LogP contribution in [0.3, 0.4) is 0 Å². The fraction of sp³-hybridized carbons (Fsp3) is 0.158. The van der Waals surface area contributed by atoms with Crippen LogP contribution < -0.4 is 5.32 Å². The number of benzene rings is 2. The summed E-state index contributed by atoms with van der Waals surface area (Å²) in [5.74, 6) is -0.387. The first-order valence-electron chi connectivity index (χ1n) is 7.49. The van der Waals surface area contributed by atoms with Crippen molar-refractivity contribution in [3.63, 3.8) is 0 Å². The summed E-state index contributed by atoms with van der Waals surface area (Å²) < 4.78 is 13.3. The molecule has 3 aromatic rings. The first-order valence-corrected chi connectivity index (χ1v) is 7.49. The van der Waals surface area contributed by atoms with Crippen LogP contribution in [0, 0.1) is 5.82 Å². The predicted octanol–water partition coefficient (Wildman–Crippen LogP) is 3.79. The molecular weight excluding hydrogens is 291 g/mol. The number of hydrogen-bond donors (Lipinski definition) is 1. The maximum atomic E-state index is 13.3. The minimum absolute atomic E-state index is 0.105. The molecule has 3 rings (SSSR count). The number of hydrogen-bond acceptors (Lipinski definition) is 2. The van der Waals surface area contributed by atoms with Crippen LogP contribution in [0.25, 0.3) is 10.9 Å². The molecule has 0 aliphatic carbocycles. The average Bonchev–Trinajstić information content (AvgIpc) is 2.54. The van der Waals surface area contributed by atoms with E-state index in [0.29, 0.717) is 11.9 Å². The maximum Gasteiger partial charge on any atom is 0.217 e. The van der Waals surface area contributed by atoms with Crippen molar-refractivity contribution in [3.05, 3.63) is 77.7 Å². The molecule has 0 saturated heterocycles. The van der Waals surface area contributed by atoms with E-state index in [2.05, 4.69) is 10.3 Å². The standard InChI is InChI=1S/C19H17FN2O/c1-13(23)21-19(11-14-5-3-2-4-6-14)18-9-7-15-12-16(20)8-10-17(15)22-18/h2-10,12,19H,11H2,1H3,(H,21,23)/t19-/m0/s1. The van der Waals surface area contributed by atoms with Crippen LogP contribution >= 0.6 is 0 Å². The van der Waals surface area contributed by atoms with Crippen molar-refractivity contribution in [1.82, 2.24) is 10.3 Å². The highest BCUT2D eigenvalue weighted by atomic mass is 19.1.